The van der Waals surface area contributed by atoms with Crippen molar-refractivity contribution in [3.8, 4) is 0 Å². The lowest BCUT2D eigenvalue weighted by Gasteiger charge is -2.34. The van der Waals surface area contributed by atoms with Crippen LogP contribution in [-0.2, 0) is 4.79 Å². The van der Waals surface area contributed by atoms with Crippen LogP contribution in [0.2, 0.25) is 0 Å². The molecule has 0 aromatic rings. The zero-order valence-electron chi connectivity index (χ0n) is 9.90. The topological polar surface area (TPSA) is 46.3 Å². The van der Waals surface area contributed by atoms with Gasteiger partial charge in [0.05, 0.1) is 0 Å². The molecule has 1 aliphatic heterocycles. The van der Waals surface area contributed by atoms with Crippen LogP contribution in [-0.4, -0.2) is 29.9 Å². The molecule has 2 N–H and O–H groups in total. The molecule has 1 amide bonds. The van der Waals surface area contributed by atoms with Crippen LogP contribution >= 0.6 is 0 Å². The van der Waals surface area contributed by atoms with E-state index in [1.807, 2.05) is 0 Å². The van der Waals surface area contributed by atoms with E-state index in [9.17, 15) is 4.79 Å². The zero-order chi connectivity index (χ0) is 11.1. The number of rotatable bonds is 1. The molecule has 2 saturated carbocycles. The van der Waals surface area contributed by atoms with Crippen molar-refractivity contribution < 1.29 is 4.79 Å². The molecule has 3 fully saturated rings. The number of nitrogens with two attached hydrogens (primary N) is 1. The SMILES string of the molecule is NC1CCN(C(=O)C2CC3CCC2C3)CC1. The van der Waals surface area contributed by atoms with E-state index in [1.165, 1.54) is 25.7 Å². The standard InChI is InChI=1S/C13H22N2O/c14-11-3-5-15(6-4-11)13(16)12-8-9-1-2-10(12)7-9/h9-12H,1-8,14H2. The minimum Gasteiger partial charge on any atom is -0.342 e. The Morgan fingerprint density at radius 1 is 1.06 bits per heavy atom. The molecule has 1 saturated heterocycles. The Hall–Kier alpha value is -0.570. The summed E-state index contributed by atoms with van der Waals surface area (Å²) in [5.74, 6) is 2.39. The first-order valence-corrected chi connectivity index (χ1v) is 6.78. The molecular formula is C13H22N2O. The van der Waals surface area contributed by atoms with Crippen LogP contribution in [0.4, 0.5) is 0 Å². The number of nitrogens with zero attached hydrogens (tertiary/aromatic N) is 1. The predicted molar refractivity (Wildman–Crippen MR) is 62.7 cm³/mol. The maximum Gasteiger partial charge on any atom is 0.225 e. The Kier molecular flexibility index (Phi) is 2.66. The van der Waals surface area contributed by atoms with E-state index < -0.39 is 0 Å². The van der Waals surface area contributed by atoms with Gasteiger partial charge in [0.1, 0.15) is 0 Å². The molecule has 0 radical (unpaired) electrons. The van der Waals surface area contributed by atoms with Crippen molar-refractivity contribution in [2.75, 3.05) is 13.1 Å². The number of hydrogen-bond donors (Lipinski definition) is 1. The van der Waals surface area contributed by atoms with Crippen molar-refractivity contribution in [2.24, 2.45) is 23.5 Å². The molecule has 0 spiro atoms. The fourth-order valence-corrected chi connectivity index (χ4v) is 3.90. The predicted octanol–water partition coefficient (Wildman–Crippen LogP) is 1.37. The first kappa shape index (κ1) is 10.6. The highest BCUT2D eigenvalue weighted by Gasteiger charge is 2.44. The monoisotopic (exact) mass is 222 g/mol. The second-order valence-electron chi connectivity index (χ2n) is 5.94. The summed E-state index contributed by atoms with van der Waals surface area (Å²) in [5, 5.41) is 0. The van der Waals surface area contributed by atoms with Crippen LogP contribution in [0, 0.1) is 17.8 Å². The molecule has 3 atom stereocenters. The van der Waals surface area contributed by atoms with E-state index in [1.54, 1.807) is 0 Å². The fourth-order valence-electron chi connectivity index (χ4n) is 3.90. The number of likely N-dealkylation sites (tertiary alicyclic amines) is 1. The molecular weight excluding hydrogens is 200 g/mol. The normalized spacial score (nSPS) is 39.3. The molecule has 90 valence electrons. The van der Waals surface area contributed by atoms with E-state index >= 15 is 0 Å². The number of carbonyl (C=O) groups excluding carboxylic acids is 1. The summed E-state index contributed by atoms with van der Waals surface area (Å²) in [6, 6.07) is 0.323. The number of amides is 1. The first-order valence-electron chi connectivity index (χ1n) is 6.78. The van der Waals surface area contributed by atoms with Crippen molar-refractivity contribution >= 4 is 5.91 Å². The average Bonchev–Trinajstić information content (AvgIpc) is 2.91. The van der Waals surface area contributed by atoms with Crippen molar-refractivity contribution in [1.82, 2.24) is 4.90 Å². The van der Waals surface area contributed by atoms with Gasteiger partial charge in [0.2, 0.25) is 5.91 Å². The van der Waals surface area contributed by atoms with Crippen LogP contribution < -0.4 is 5.73 Å². The van der Waals surface area contributed by atoms with Gasteiger partial charge in [0.25, 0.3) is 0 Å². The van der Waals surface area contributed by atoms with E-state index in [4.69, 9.17) is 5.73 Å². The molecule has 3 rings (SSSR count). The van der Waals surface area contributed by atoms with Crippen LogP contribution in [0.3, 0.4) is 0 Å². The third kappa shape index (κ3) is 1.75. The number of piperidine rings is 1. The lowest BCUT2D eigenvalue weighted by atomic mass is 9.87. The summed E-state index contributed by atoms with van der Waals surface area (Å²) < 4.78 is 0. The summed E-state index contributed by atoms with van der Waals surface area (Å²) in [5.41, 5.74) is 5.87. The van der Waals surface area contributed by atoms with E-state index in [2.05, 4.69) is 4.90 Å². The minimum atomic E-state index is 0.323. The summed E-state index contributed by atoms with van der Waals surface area (Å²) in [7, 11) is 0. The Balaban J connectivity index is 1.61. The van der Waals surface area contributed by atoms with E-state index in [-0.39, 0.29) is 0 Å². The van der Waals surface area contributed by atoms with Gasteiger partial charge in [0, 0.05) is 25.0 Å². The largest absolute Gasteiger partial charge is 0.342 e. The first-order chi connectivity index (χ1) is 7.74. The zero-order valence-corrected chi connectivity index (χ0v) is 9.90. The summed E-state index contributed by atoms with van der Waals surface area (Å²) in [4.78, 5) is 14.5. The number of carbonyl (C=O) groups is 1. The van der Waals surface area contributed by atoms with Gasteiger partial charge in [-0.25, -0.2) is 0 Å². The van der Waals surface area contributed by atoms with E-state index in [0.29, 0.717) is 23.8 Å². The van der Waals surface area contributed by atoms with Gasteiger partial charge in [-0.3, -0.25) is 4.79 Å². The molecule has 3 nitrogen and oxygen atoms in total. The van der Waals surface area contributed by atoms with Crippen molar-refractivity contribution in [1.29, 1.82) is 0 Å². The quantitative estimate of drug-likeness (QED) is 0.728. The second-order valence-corrected chi connectivity index (χ2v) is 5.94. The Morgan fingerprint density at radius 3 is 2.38 bits per heavy atom. The van der Waals surface area contributed by atoms with Gasteiger partial charge in [-0.15, -0.1) is 0 Å². The van der Waals surface area contributed by atoms with Crippen molar-refractivity contribution in [3.63, 3.8) is 0 Å². The average molecular weight is 222 g/mol. The Labute approximate surface area is 97.4 Å². The third-order valence-electron chi connectivity index (χ3n) is 4.91. The molecule has 16 heavy (non-hydrogen) atoms. The molecule has 0 aromatic heterocycles. The molecule has 2 bridgehead atoms. The van der Waals surface area contributed by atoms with Crippen LogP contribution in [0.15, 0.2) is 0 Å². The van der Waals surface area contributed by atoms with E-state index in [0.717, 1.165) is 31.8 Å². The maximum atomic E-state index is 12.4. The van der Waals surface area contributed by atoms with Gasteiger partial charge in [0.15, 0.2) is 0 Å². The fraction of sp³-hybridized carbons (Fsp3) is 0.923. The lowest BCUT2D eigenvalue weighted by Crippen LogP contribution is -2.46. The van der Waals surface area contributed by atoms with Gasteiger partial charge in [-0.1, -0.05) is 6.42 Å². The van der Waals surface area contributed by atoms with Gasteiger partial charge >= 0.3 is 0 Å². The Bertz CT molecular complexity index is 284. The molecule has 3 unspecified atom stereocenters. The lowest BCUT2D eigenvalue weighted by molar-refractivity contribution is -0.138. The minimum absolute atomic E-state index is 0.323. The van der Waals surface area contributed by atoms with Gasteiger partial charge in [-0.2, -0.15) is 0 Å². The highest BCUT2D eigenvalue weighted by Crippen LogP contribution is 2.48. The highest BCUT2D eigenvalue weighted by molar-refractivity contribution is 5.79. The number of hydrogen-bond acceptors (Lipinski definition) is 2. The molecule has 2 aliphatic carbocycles. The maximum absolute atomic E-state index is 12.4. The molecule has 3 aliphatic rings. The third-order valence-corrected chi connectivity index (χ3v) is 4.91. The summed E-state index contributed by atoms with van der Waals surface area (Å²) in [6.45, 7) is 1.79. The summed E-state index contributed by atoms with van der Waals surface area (Å²) in [6.07, 6.45) is 7.16. The molecule has 0 aromatic carbocycles. The molecule has 3 heteroatoms. The van der Waals surface area contributed by atoms with Crippen LogP contribution in [0.5, 0.6) is 0 Å². The second kappa shape index (κ2) is 4.02. The van der Waals surface area contributed by atoms with Gasteiger partial charge in [-0.05, 0) is 43.9 Å². The van der Waals surface area contributed by atoms with Crippen molar-refractivity contribution in [3.05, 3.63) is 0 Å². The van der Waals surface area contributed by atoms with Crippen molar-refractivity contribution in [2.45, 2.75) is 44.6 Å². The summed E-state index contributed by atoms with van der Waals surface area (Å²) >= 11 is 0. The smallest absolute Gasteiger partial charge is 0.225 e. The number of fused-ring (bicyclic) bond motifs is 2. The van der Waals surface area contributed by atoms with Crippen LogP contribution in [0.1, 0.15) is 38.5 Å². The highest BCUT2D eigenvalue weighted by atomic mass is 16.2. The van der Waals surface area contributed by atoms with Crippen LogP contribution in [0.25, 0.3) is 0 Å². The Morgan fingerprint density at radius 2 is 1.81 bits per heavy atom. The molecule has 1 heterocycles. The van der Waals surface area contributed by atoms with Gasteiger partial charge < -0.3 is 10.6 Å².